The molecule has 0 atom stereocenters. The van der Waals surface area contributed by atoms with Crippen LogP contribution in [0.2, 0.25) is 0 Å². The number of rotatable bonds is 7. The van der Waals surface area contributed by atoms with Gasteiger partial charge in [0.2, 0.25) is 0 Å². The van der Waals surface area contributed by atoms with Gasteiger partial charge in [-0.05, 0) is 55.4 Å². The Hall–Kier alpha value is -4.34. The van der Waals surface area contributed by atoms with Crippen LogP contribution < -0.4 is 32.5 Å². The molecule has 0 saturated carbocycles. The Morgan fingerprint density at radius 1 is 1.03 bits per heavy atom. The number of carbonyl (C=O) groups excluding carboxylic acids is 1. The topological polar surface area (TPSA) is 130 Å². The van der Waals surface area contributed by atoms with Crippen molar-refractivity contribution in [2.24, 2.45) is 17.3 Å². The van der Waals surface area contributed by atoms with Gasteiger partial charge in [-0.25, -0.2) is 5.84 Å². The maximum absolute atomic E-state index is 13.0. The van der Waals surface area contributed by atoms with Crippen molar-refractivity contribution in [3.05, 3.63) is 96.0 Å². The SMILES string of the molecule is C=C(N)c1cccc(NC(=O)c2ccc(C)c(N(N)/C=C(\N)c3cncc(N4CCN(C)CC4)c3)c2)c1. The van der Waals surface area contributed by atoms with Crippen molar-refractivity contribution in [2.45, 2.75) is 6.92 Å². The summed E-state index contributed by atoms with van der Waals surface area (Å²) < 4.78 is 0. The van der Waals surface area contributed by atoms with Gasteiger partial charge in [0, 0.05) is 61.1 Å². The zero-order valence-electron chi connectivity index (χ0n) is 21.3. The predicted molar refractivity (Wildman–Crippen MR) is 152 cm³/mol. The number of anilines is 3. The van der Waals surface area contributed by atoms with Crippen molar-refractivity contribution in [3.63, 3.8) is 0 Å². The number of nitrogens with one attached hydrogen (secondary N) is 1. The van der Waals surface area contributed by atoms with Crippen molar-refractivity contribution in [1.29, 1.82) is 0 Å². The first-order chi connectivity index (χ1) is 17.7. The van der Waals surface area contributed by atoms with Crippen LogP contribution in [-0.4, -0.2) is 49.0 Å². The first-order valence-corrected chi connectivity index (χ1v) is 12.1. The van der Waals surface area contributed by atoms with Crippen LogP contribution in [0.25, 0.3) is 11.4 Å². The van der Waals surface area contributed by atoms with Gasteiger partial charge in [-0.1, -0.05) is 24.8 Å². The molecule has 2 heterocycles. The highest BCUT2D eigenvalue weighted by Gasteiger charge is 2.16. The highest BCUT2D eigenvalue weighted by Crippen LogP contribution is 2.24. The molecule has 0 radical (unpaired) electrons. The molecule has 0 unspecified atom stereocenters. The van der Waals surface area contributed by atoms with Gasteiger partial charge in [-0.3, -0.25) is 14.8 Å². The molecule has 4 rings (SSSR count). The van der Waals surface area contributed by atoms with Crippen LogP contribution in [0.5, 0.6) is 0 Å². The zero-order chi connectivity index (χ0) is 26.5. The van der Waals surface area contributed by atoms with E-state index in [0.717, 1.165) is 48.6 Å². The minimum atomic E-state index is -0.268. The second-order valence-corrected chi connectivity index (χ2v) is 9.28. The van der Waals surface area contributed by atoms with Crippen LogP contribution >= 0.6 is 0 Å². The summed E-state index contributed by atoms with van der Waals surface area (Å²) in [4.78, 5) is 21.9. The van der Waals surface area contributed by atoms with Crippen LogP contribution in [0.4, 0.5) is 17.1 Å². The van der Waals surface area contributed by atoms with Gasteiger partial charge < -0.3 is 26.6 Å². The fraction of sp³-hybridized carbons (Fsp3) is 0.214. The van der Waals surface area contributed by atoms with Crippen molar-refractivity contribution >= 4 is 34.4 Å². The number of aryl methyl sites for hydroxylation is 1. The number of hydrogen-bond acceptors (Lipinski definition) is 8. The molecule has 9 nitrogen and oxygen atoms in total. The summed E-state index contributed by atoms with van der Waals surface area (Å²) in [5, 5.41) is 4.33. The Bertz CT molecular complexity index is 1330. The Balaban J connectivity index is 1.51. The molecule has 7 N–H and O–H groups in total. The van der Waals surface area contributed by atoms with Gasteiger partial charge in [-0.15, -0.1) is 0 Å². The van der Waals surface area contributed by atoms with Crippen molar-refractivity contribution in [3.8, 4) is 0 Å². The van der Waals surface area contributed by atoms with E-state index < -0.39 is 0 Å². The monoisotopic (exact) mass is 498 g/mol. The average molecular weight is 499 g/mol. The van der Waals surface area contributed by atoms with Gasteiger partial charge in [-0.2, -0.15) is 0 Å². The van der Waals surface area contributed by atoms with Crippen LogP contribution in [0.3, 0.4) is 0 Å². The van der Waals surface area contributed by atoms with E-state index in [2.05, 4.69) is 33.7 Å². The van der Waals surface area contributed by atoms with E-state index in [1.807, 2.05) is 37.4 Å². The molecule has 1 aliphatic rings. The third kappa shape index (κ3) is 6.27. The molecular weight excluding hydrogens is 464 g/mol. The number of hydrazine groups is 1. The molecule has 1 aromatic heterocycles. The molecule has 192 valence electrons. The van der Waals surface area contributed by atoms with Gasteiger partial charge in [0.25, 0.3) is 5.91 Å². The van der Waals surface area contributed by atoms with Crippen molar-refractivity contribution in [1.82, 2.24) is 9.88 Å². The molecule has 1 amide bonds. The molecule has 0 aliphatic carbocycles. The number of piperazine rings is 1. The molecular formula is C28H34N8O. The van der Waals surface area contributed by atoms with Gasteiger partial charge >= 0.3 is 0 Å². The number of pyridine rings is 1. The molecule has 1 aliphatic heterocycles. The lowest BCUT2D eigenvalue weighted by Crippen LogP contribution is -2.44. The number of amides is 1. The largest absolute Gasteiger partial charge is 0.399 e. The maximum Gasteiger partial charge on any atom is 0.255 e. The summed E-state index contributed by atoms with van der Waals surface area (Å²) in [6, 6.07) is 14.6. The standard InChI is InChI=1S/C28H34N8O/c1-19-7-8-22(28(37)33-24-6-4-5-21(13-24)20(2)29)15-27(19)36(31)18-26(30)23-14-25(17-32-16-23)35-11-9-34(3)10-12-35/h4-8,13-18H,2,9-12,29-31H2,1,3H3,(H,33,37)/b26-18-. The fourth-order valence-corrected chi connectivity index (χ4v) is 4.15. The quantitative estimate of drug-likeness (QED) is 0.289. The highest BCUT2D eigenvalue weighted by molar-refractivity contribution is 6.05. The summed E-state index contributed by atoms with van der Waals surface area (Å²) in [7, 11) is 2.12. The lowest BCUT2D eigenvalue weighted by Gasteiger charge is -2.34. The minimum absolute atomic E-state index is 0.268. The first kappa shape index (κ1) is 25.7. The molecule has 9 heteroatoms. The average Bonchev–Trinajstić information content (AvgIpc) is 2.89. The molecule has 0 spiro atoms. The molecule has 1 fully saturated rings. The molecule has 3 aromatic rings. The van der Waals surface area contributed by atoms with Crippen molar-refractivity contribution < 1.29 is 4.79 Å². The zero-order valence-corrected chi connectivity index (χ0v) is 21.3. The van der Waals surface area contributed by atoms with E-state index >= 15 is 0 Å². The Morgan fingerprint density at radius 2 is 1.78 bits per heavy atom. The lowest BCUT2D eigenvalue weighted by molar-refractivity contribution is 0.102. The smallest absolute Gasteiger partial charge is 0.255 e. The van der Waals surface area contributed by atoms with Gasteiger partial charge in [0.15, 0.2) is 0 Å². The summed E-state index contributed by atoms with van der Waals surface area (Å²) in [6.45, 7) is 9.55. The molecule has 37 heavy (non-hydrogen) atoms. The van der Waals surface area contributed by atoms with E-state index in [4.69, 9.17) is 17.3 Å². The van der Waals surface area contributed by atoms with E-state index in [9.17, 15) is 4.79 Å². The fourth-order valence-electron chi connectivity index (χ4n) is 4.15. The minimum Gasteiger partial charge on any atom is -0.399 e. The van der Waals surface area contributed by atoms with Crippen LogP contribution in [0, 0.1) is 6.92 Å². The van der Waals surface area contributed by atoms with Gasteiger partial charge in [0.1, 0.15) is 0 Å². The lowest BCUT2D eigenvalue weighted by atomic mass is 10.1. The third-order valence-corrected chi connectivity index (χ3v) is 6.44. The Labute approximate surface area is 217 Å². The number of nitrogens with two attached hydrogens (primary N) is 3. The van der Waals surface area contributed by atoms with Gasteiger partial charge in [0.05, 0.1) is 23.3 Å². The first-order valence-electron chi connectivity index (χ1n) is 12.1. The third-order valence-electron chi connectivity index (χ3n) is 6.44. The molecule has 2 aromatic carbocycles. The Morgan fingerprint density at radius 3 is 2.51 bits per heavy atom. The van der Waals surface area contributed by atoms with E-state index in [1.165, 1.54) is 5.01 Å². The van der Waals surface area contributed by atoms with E-state index in [0.29, 0.717) is 28.3 Å². The van der Waals surface area contributed by atoms with Crippen LogP contribution in [0.15, 0.2) is 73.7 Å². The van der Waals surface area contributed by atoms with E-state index in [1.54, 1.807) is 36.7 Å². The predicted octanol–water partition coefficient (Wildman–Crippen LogP) is 2.96. The normalized spacial score (nSPS) is 14.4. The second kappa shape index (κ2) is 11.2. The summed E-state index contributed by atoms with van der Waals surface area (Å²) in [5.74, 6) is 6.12. The number of aromatic nitrogens is 1. The number of hydrogen-bond donors (Lipinski definition) is 4. The maximum atomic E-state index is 13.0. The highest BCUT2D eigenvalue weighted by atomic mass is 16.1. The van der Waals surface area contributed by atoms with Crippen molar-refractivity contribution in [2.75, 3.05) is 48.5 Å². The summed E-state index contributed by atoms with van der Waals surface area (Å²) in [5.41, 5.74) is 18.3. The van der Waals surface area contributed by atoms with Crippen LogP contribution in [-0.2, 0) is 0 Å². The number of benzene rings is 2. The molecule has 1 saturated heterocycles. The van der Waals surface area contributed by atoms with Crippen LogP contribution in [0.1, 0.15) is 27.0 Å². The molecule has 0 bridgehead atoms. The second-order valence-electron chi connectivity index (χ2n) is 9.28. The van der Waals surface area contributed by atoms with E-state index in [-0.39, 0.29) is 5.91 Å². The number of likely N-dealkylation sites (N-methyl/N-ethyl adjacent to an activating group) is 1. The summed E-state index contributed by atoms with van der Waals surface area (Å²) >= 11 is 0. The number of nitrogens with zero attached hydrogens (tertiary/aromatic N) is 4. The number of carbonyl (C=O) groups is 1. The summed E-state index contributed by atoms with van der Waals surface area (Å²) in [6.07, 6.45) is 5.22. The Kier molecular flexibility index (Phi) is 7.76.